The number of aldehydes is 1. The van der Waals surface area contributed by atoms with Gasteiger partial charge in [-0.3, -0.25) is 4.79 Å². The Kier molecular flexibility index (Phi) is 6.05. The Bertz CT molecular complexity index is 461. The van der Waals surface area contributed by atoms with Gasteiger partial charge in [-0.05, 0) is 25.0 Å². The van der Waals surface area contributed by atoms with Gasteiger partial charge in [-0.1, -0.05) is 13.0 Å². The first-order chi connectivity index (χ1) is 10.2. The number of carbonyl (C=O) groups excluding carboxylic acids is 1. The van der Waals surface area contributed by atoms with Crippen molar-refractivity contribution in [2.24, 2.45) is 5.92 Å². The monoisotopic (exact) mass is 292 g/mol. The second-order valence-corrected chi connectivity index (χ2v) is 5.90. The number of piperidine rings is 1. The summed E-state index contributed by atoms with van der Waals surface area (Å²) in [6.45, 7) is 6.64. The number of likely N-dealkylation sites (tertiary alicyclic amines) is 1. The molecule has 0 spiro atoms. The van der Waals surface area contributed by atoms with Crippen LogP contribution in [0.25, 0.3) is 0 Å². The first kappa shape index (κ1) is 15.8. The molecular weight excluding hydrogens is 266 g/mol. The Balaban J connectivity index is 1.82. The van der Waals surface area contributed by atoms with E-state index in [1.165, 1.54) is 25.9 Å². The molecule has 4 heteroatoms. The molecule has 0 aliphatic carbocycles. The highest BCUT2D eigenvalue weighted by molar-refractivity contribution is 5.81. The molecule has 1 heterocycles. The average molecular weight is 292 g/mol. The predicted molar refractivity (Wildman–Crippen MR) is 82.5 cm³/mol. The van der Waals surface area contributed by atoms with Gasteiger partial charge < -0.3 is 14.4 Å². The van der Waals surface area contributed by atoms with Gasteiger partial charge in [-0.25, -0.2) is 0 Å². The highest BCUT2D eigenvalue weighted by atomic mass is 16.5. The van der Waals surface area contributed by atoms with E-state index in [0.29, 0.717) is 23.7 Å². The Labute approximate surface area is 127 Å². The summed E-state index contributed by atoms with van der Waals surface area (Å²) in [5, 5.41) is 0. The van der Waals surface area contributed by atoms with Crippen molar-refractivity contribution in [2.75, 3.05) is 33.4 Å². The van der Waals surface area contributed by atoms with E-state index in [0.717, 1.165) is 25.2 Å². The topological polar surface area (TPSA) is 40.0 Å². The minimum absolute atomic E-state index is 0.549. The summed E-state index contributed by atoms with van der Waals surface area (Å²) in [6.07, 6.45) is 4.51. The van der Waals surface area contributed by atoms with Crippen molar-refractivity contribution < 1.29 is 19.2 Å². The second-order valence-electron chi connectivity index (χ2n) is 5.90. The standard InChI is InChI=1S/C17H25NO3/c1-14-6-4-9-18(12-14)10-5-11-21-17-15(13-19)7-3-8-16(17)20-2/h3,7-8,13-14H,4-6,9-12H2,1-2H3/p+1/t14-/m1/s1. The highest BCUT2D eigenvalue weighted by Crippen LogP contribution is 2.29. The van der Waals surface area contributed by atoms with E-state index in [-0.39, 0.29) is 0 Å². The lowest BCUT2D eigenvalue weighted by molar-refractivity contribution is -0.908. The zero-order valence-corrected chi connectivity index (χ0v) is 13.1. The number of ether oxygens (including phenoxy) is 2. The first-order valence-corrected chi connectivity index (χ1v) is 7.83. The van der Waals surface area contributed by atoms with Crippen LogP contribution in [0.15, 0.2) is 18.2 Å². The van der Waals surface area contributed by atoms with Gasteiger partial charge >= 0.3 is 0 Å². The van der Waals surface area contributed by atoms with Gasteiger partial charge in [-0.15, -0.1) is 0 Å². The Morgan fingerprint density at radius 3 is 3.00 bits per heavy atom. The molecule has 2 rings (SSSR count). The van der Waals surface area contributed by atoms with Crippen LogP contribution in [0.1, 0.15) is 36.5 Å². The molecule has 1 fully saturated rings. The Morgan fingerprint density at radius 1 is 1.43 bits per heavy atom. The molecule has 0 amide bonds. The summed E-state index contributed by atoms with van der Waals surface area (Å²) < 4.78 is 11.1. The summed E-state index contributed by atoms with van der Waals surface area (Å²) in [6, 6.07) is 5.37. The fraction of sp³-hybridized carbons (Fsp3) is 0.588. The number of hydrogen-bond donors (Lipinski definition) is 1. The normalized spacial score (nSPS) is 21.8. The predicted octanol–water partition coefficient (Wildman–Crippen LogP) is 1.59. The van der Waals surface area contributed by atoms with E-state index in [4.69, 9.17) is 9.47 Å². The molecule has 1 aromatic carbocycles. The molecule has 1 aromatic rings. The fourth-order valence-electron chi connectivity index (χ4n) is 3.06. The number of benzene rings is 1. The van der Waals surface area contributed by atoms with Crippen molar-refractivity contribution in [3.05, 3.63) is 23.8 Å². The number of carbonyl (C=O) groups is 1. The number of nitrogens with one attached hydrogen (secondary N) is 1. The van der Waals surface area contributed by atoms with Crippen molar-refractivity contribution in [3.63, 3.8) is 0 Å². The molecule has 1 unspecified atom stereocenters. The maximum atomic E-state index is 11.1. The zero-order valence-electron chi connectivity index (χ0n) is 13.1. The first-order valence-electron chi connectivity index (χ1n) is 7.83. The van der Waals surface area contributed by atoms with E-state index < -0.39 is 0 Å². The number of rotatable bonds is 7. The molecule has 0 bridgehead atoms. The van der Waals surface area contributed by atoms with Gasteiger partial charge in [0.05, 0.1) is 38.9 Å². The SMILES string of the molecule is COc1cccc(C=O)c1OCCC[NH+]1CCC[C@@H](C)C1. The molecule has 1 saturated heterocycles. The van der Waals surface area contributed by atoms with Gasteiger partial charge in [0.1, 0.15) is 0 Å². The van der Waals surface area contributed by atoms with E-state index in [1.807, 2.05) is 6.07 Å². The van der Waals surface area contributed by atoms with Crippen LogP contribution in [0.5, 0.6) is 11.5 Å². The average Bonchev–Trinajstić information content (AvgIpc) is 2.51. The third kappa shape index (κ3) is 4.46. The summed E-state index contributed by atoms with van der Waals surface area (Å²) in [5.41, 5.74) is 0.549. The lowest BCUT2D eigenvalue weighted by atomic mass is 10.0. The van der Waals surface area contributed by atoms with Crippen LogP contribution in [0.4, 0.5) is 0 Å². The molecule has 4 nitrogen and oxygen atoms in total. The van der Waals surface area contributed by atoms with Crippen molar-refractivity contribution in [3.8, 4) is 11.5 Å². The Hall–Kier alpha value is -1.55. The lowest BCUT2D eigenvalue weighted by Crippen LogP contribution is -3.13. The second kappa shape index (κ2) is 8.03. The van der Waals surface area contributed by atoms with E-state index >= 15 is 0 Å². The van der Waals surface area contributed by atoms with Crippen LogP contribution in [-0.2, 0) is 0 Å². The largest absolute Gasteiger partial charge is 0.493 e. The minimum atomic E-state index is 0.549. The molecule has 2 atom stereocenters. The third-order valence-corrected chi connectivity index (χ3v) is 4.14. The molecule has 1 aliphatic heterocycles. The van der Waals surface area contributed by atoms with Crippen molar-refractivity contribution in [1.29, 1.82) is 0 Å². The van der Waals surface area contributed by atoms with Crippen LogP contribution >= 0.6 is 0 Å². The maximum Gasteiger partial charge on any atom is 0.171 e. The Morgan fingerprint density at radius 2 is 2.29 bits per heavy atom. The summed E-state index contributed by atoms with van der Waals surface area (Å²) in [7, 11) is 1.59. The molecule has 0 aromatic heterocycles. The van der Waals surface area contributed by atoms with Crippen LogP contribution in [-0.4, -0.2) is 39.6 Å². The van der Waals surface area contributed by atoms with Crippen LogP contribution < -0.4 is 14.4 Å². The van der Waals surface area contributed by atoms with Crippen LogP contribution in [0.3, 0.4) is 0 Å². The van der Waals surface area contributed by atoms with Crippen molar-refractivity contribution in [2.45, 2.75) is 26.2 Å². The third-order valence-electron chi connectivity index (χ3n) is 4.14. The summed E-state index contributed by atoms with van der Waals surface area (Å²) in [4.78, 5) is 12.7. The van der Waals surface area contributed by atoms with Gasteiger partial charge in [-0.2, -0.15) is 0 Å². The summed E-state index contributed by atoms with van der Waals surface area (Å²) in [5.74, 6) is 2.03. The van der Waals surface area contributed by atoms with Gasteiger partial charge in [0.2, 0.25) is 0 Å². The van der Waals surface area contributed by atoms with E-state index in [2.05, 4.69) is 6.92 Å². The number of hydrogen-bond acceptors (Lipinski definition) is 3. The van der Waals surface area contributed by atoms with E-state index in [9.17, 15) is 4.79 Å². The molecule has 0 saturated carbocycles. The van der Waals surface area contributed by atoms with Crippen LogP contribution in [0.2, 0.25) is 0 Å². The minimum Gasteiger partial charge on any atom is -0.493 e. The van der Waals surface area contributed by atoms with E-state index in [1.54, 1.807) is 24.1 Å². The van der Waals surface area contributed by atoms with Gasteiger partial charge in [0.15, 0.2) is 17.8 Å². The van der Waals surface area contributed by atoms with Gasteiger partial charge in [0.25, 0.3) is 0 Å². The quantitative estimate of drug-likeness (QED) is 0.613. The smallest absolute Gasteiger partial charge is 0.171 e. The number of methoxy groups -OCH3 is 1. The molecule has 1 N–H and O–H groups in total. The lowest BCUT2D eigenvalue weighted by Gasteiger charge is -2.27. The zero-order chi connectivity index (χ0) is 15.1. The highest BCUT2D eigenvalue weighted by Gasteiger charge is 2.19. The van der Waals surface area contributed by atoms with Crippen molar-refractivity contribution in [1.82, 2.24) is 0 Å². The molecular formula is C17H26NO3+. The van der Waals surface area contributed by atoms with Crippen molar-refractivity contribution >= 4 is 6.29 Å². The number of para-hydroxylation sites is 1. The summed E-state index contributed by atoms with van der Waals surface area (Å²) >= 11 is 0. The maximum absolute atomic E-state index is 11.1. The number of quaternary nitrogens is 1. The van der Waals surface area contributed by atoms with Crippen LogP contribution in [0, 0.1) is 5.92 Å². The molecule has 21 heavy (non-hydrogen) atoms. The van der Waals surface area contributed by atoms with Gasteiger partial charge in [0, 0.05) is 12.3 Å². The molecule has 1 aliphatic rings. The fourth-order valence-corrected chi connectivity index (χ4v) is 3.06. The molecule has 116 valence electrons. The molecule has 0 radical (unpaired) electrons.